The molecular formula is C40H52FN5O5. The molecule has 0 aliphatic carbocycles. The first-order chi connectivity index (χ1) is 24.5. The highest BCUT2D eigenvalue weighted by Gasteiger charge is 2.31. The van der Waals surface area contributed by atoms with Gasteiger partial charge in [0, 0.05) is 81.1 Å². The average molecular weight is 702 g/mol. The van der Waals surface area contributed by atoms with Crippen LogP contribution in [0.4, 0.5) is 15.0 Å². The predicted molar refractivity (Wildman–Crippen MR) is 198 cm³/mol. The zero-order valence-corrected chi connectivity index (χ0v) is 30.5. The van der Waals surface area contributed by atoms with Gasteiger partial charge >= 0.3 is 6.09 Å². The van der Waals surface area contributed by atoms with E-state index in [4.69, 9.17) is 14.6 Å². The number of hydrogen-bond donors (Lipinski definition) is 3. The van der Waals surface area contributed by atoms with Crippen LogP contribution < -0.4 is 10.6 Å². The molecule has 3 heterocycles. The molecule has 2 aromatic heterocycles. The number of nitrogens with one attached hydrogen (secondary N) is 2. The third-order valence-corrected chi connectivity index (χ3v) is 9.32. The number of amides is 2. The van der Waals surface area contributed by atoms with Gasteiger partial charge in [0.1, 0.15) is 17.2 Å². The van der Waals surface area contributed by atoms with E-state index in [-0.39, 0.29) is 30.7 Å². The van der Waals surface area contributed by atoms with Gasteiger partial charge in [-0.3, -0.25) is 4.79 Å². The van der Waals surface area contributed by atoms with Gasteiger partial charge < -0.3 is 34.7 Å². The number of hydrogen-bond acceptors (Lipinski definition) is 7. The van der Waals surface area contributed by atoms with Crippen molar-refractivity contribution in [3.05, 3.63) is 83.4 Å². The normalized spacial score (nSPS) is 15.5. The van der Waals surface area contributed by atoms with Crippen LogP contribution in [0.25, 0.3) is 22.0 Å². The standard InChI is InChI=1S/C40H52FN5O5/c1-27-33-10-6-11-34(41)38(33)46(20-8-22-50-5)37(27)31-9-7-19-45(26-31)36(48)24-32(44-39(49)51-40(2,3)4)23-28-12-14-29(15-13-28)30-16-17-35(43-25-30)42-18-21-47/h6,10-17,25,31-32,47H,7-9,18-24,26H2,1-5H3,(H,42,43)(H,44,49). The van der Waals surface area contributed by atoms with Crippen LogP contribution in [0.2, 0.25) is 0 Å². The van der Waals surface area contributed by atoms with Gasteiger partial charge in [-0.2, -0.15) is 0 Å². The summed E-state index contributed by atoms with van der Waals surface area (Å²) in [7, 11) is 1.67. The number of nitrogens with zero attached hydrogens (tertiary/aromatic N) is 3. The quantitative estimate of drug-likeness (QED) is 0.124. The maximum Gasteiger partial charge on any atom is 0.407 e. The minimum atomic E-state index is -0.684. The first-order valence-corrected chi connectivity index (χ1v) is 17.9. The molecule has 2 unspecified atom stereocenters. The van der Waals surface area contributed by atoms with Crippen LogP contribution in [0.15, 0.2) is 60.8 Å². The molecule has 2 amide bonds. The molecule has 0 spiro atoms. The molecule has 1 aliphatic heterocycles. The second-order valence-corrected chi connectivity index (χ2v) is 14.4. The monoisotopic (exact) mass is 701 g/mol. The minimum absolute atomic E-state index is 0.0305. The summed E-state index contributed by atoms with van der Waals surface area (Å²) < 4.78 is 28.2. The molecule has 274 valence electrons. The number of ether oxygens (including phenoxy) is 2. The van der Waals surface area contributed by atoms with Crippen LogP contribution in [-0.2, 0) is 27.2 Å². The van der Waals surface area contributed by atoms with Crippen LogP contribution in [0.1, 0.15) is 69.2 Å². The predicted octanol–water partition coefficient (Wildman–Crippen LogP) is 6.82. The van der Waals surface area contributed by atoms with Crippen LogP contribution in [-0.4, -0.2) is 83.2 Å². The Hall–Kier alpha value is -4.48. The Morgan fingerprint density at radius 2 is 1.86 bits per heavy atom. The SMILES string of the molecule is COCCCn1c(C2CCCN(C(=O)CC(Cc3ccc(-c4ccc(NCCO)nc4)cc3)NC(=O)OC(C)(C)C)C2)c(C)c2cccc(F)c21. The number of aryl methyl sites for hydroxylation is 2. The van der Waals surface area contributed by atoms with Crippen molar-refractivity contribution < 1.29 is 28.6 Å². The number of halogens is 1. The van der Waals surface area contributed by atoms with E-state index in [1.165, 1.54) is 6.07 Å². The molecule has 5 rings (SSSR count). The minimum Gasteiger partial charge on any atom is -0.444 e. The molecule has 0 bridgehead atoms. The molecule has 4 aromatic rings. The number of aromatic nitrogens is 2. The number of fused-ring (bicyclic) bond motifs is 1. The molecule has 1 saturated heterocycles. The van der Waals surface area contributed by atoms with Crippen molar-refractivity contribution >= 4 is 28.7 Å². The Bertz CT molecular complexity index is 1770. The van der Waals surface area contributed by atoms with Crippen molar-refractivity contribution in [1.29, 1.82) is 0 Å². The summed E-state index contributed by atoms with van der Waals surface area (Å²) in [4.78, 5) is 33.3. The third kappa shape index (κ3) is 9.86. The molecule has 1 aliphatic rings. The lowest BCUT2D eigenvalue weighted by Crippen LogP contribution is -2.46. The number of alkyl carbamates (subject to hydrolysis) is 1. The summed E-state index contributed by atoms with van der Waals surface area (Å²) in [5.74, 6) is 0.465. The molecular weight excluding hydrogens is 649 g/mol. The van der Waals surface area contributed by atoms with E-state index in [9.17, 15) is 9.59 Å². The Morgan fingerprint density at radius 1 is 1.10 bits per heavy atom. The number of likely N-dealkylation sites (tertiary alicyclic amines) is 1. The zero-order valence-electron chi connectivity index (χ0n) is 30.5. The van der Waals surface area contributed by atoms with Crippen molar-refractivity contribution in [1.82, 2.24) is 19.8 Å². The molecule has 11 heteroatoms. The topological polar surface area (TPSA) is 118 Å². The van der Waals surface area contributed by atoms with Crippen LogP contribution in [0, 0.1) is 12.7 Å². The Kier molecular flexibility index (Phi) is 12.7. The first-order valence-electron chi connectivity index (χ1n) is 17.9. The van der Waals surface area contributed by atoms with E-state index in [0.717, 1.165) is 52.6 Å². The number of carbonyl (C=O) groups excluding carboxylic acids is 2. The fourth-order valence-corrected chi connectivity index (χ4v) is 7.07. The number of rotatable bonds is 14. The smallest absolute Gasteiger partial charge is 0.407 e. The number of pyridine rings is 1. The molecule has 1 fully saturated rings. The Labute approximate surface area is 300 Å². The number of anilines is 1. The first kappa shape index (κ1) is 37.8. The molecule has 10 nitrogen and oxygen atoms in total. The summed E-state index contributed by atoms with van der Waals surface area (Å²) in [5.41, 5.74) is 4.97. The van der Waals surface area contributed by atoms with Gasteiger partial charge in [0.25, 0.3) is 0 Å². The zero-order chi connectivity index (χ0) is 36.5. The highest BCUT2D eigenvalue weighted by molar-refractivity contribution is 5.86. The second-order valence-electron chi connectivity index (χ2n) is 14.4. The maximum atomic E-state index is 15.2. The van der Waals surface area contributed by atoms with E-state index in [0.29, 0.717) is 50.5 Å². The van der Waals surface area contributed by atoms with Crippen molar-refractivity contribution in [3.8, 4) is 11.1 Å². The van der Waals surface area contributed by atoms with Crippen molar-refractivity contribution in [3.63, 3.8) is 0 Å². The molecule has 2 atom stereocenters. The second kappa shape index (κ2) is 17.2. The largest absolute Gasteiger partial charge is 0.444 e. The van der Waals surface area contributed by atoms with Gasteiger partial charge in [0.05, 0.1) is 12.1 Å². The Morgan fingerprint density at radius 3 is 2.55 bits per heavy atom. The van der Waals surface area contributed by atoms with Crippen LogP contribution >= 0.6 is 0 Å². The molecule has 51 heavy (non-hydrogen) atoms. The van der Waals surface area contributed by atoms with Crippen molar-refractivity contribution in [2.75, 3.05) is 45.3 Å². The lowest BCUT2D eigenvalue weighted by molar-refractivity contribution is -0.132. The number of carbonyl (C=O) groups is 2. The van der Waals surface area contributed by atoms with Crippen molar-refractivity contribution in [2.24, 2.45) is 0 Å². The van der Waals surface area contributed by atoms with Gasteiger partial charge in [-0.15, -0.1) is 0 Å². The van der Waals surface area contributed by atoms with Gasteiger partial charge in [-0.25, -0.2) is 14.2 Å². The maximum absolute atomic E-state index is 15.2. The van der Waals surface area contributed by atoms with Gasteiger partial charge in [-0.05, 0) is 88.3 Å². The third-order valence-electron chi connectivity index (χ3n) is 9.32. The molecule has 0 saturated carbocycles. The van der Waals surface area contributed by atoms with Crippen molar-refractivity contribution in [2.45, 2.75) is 83.9 Å². The summed E-state index contributed by atoms with van der Waals surface area (Å²) in [6.07, 6.45) is 4.26. The fourth-order valence-electron chi connectivity index (χ4n) is 7.07. The molecule has 0 radical (unpaired) electrons. The van der Waals surface area contributed by atoms with Gasteiger partial charge in [0.15, 0.2) is 0 Å². The lowest BCUT2D eigenvalue weighted by atomic mass is 9.91. The van der Waals surface area contributed by atoms with Crippen LogP contribution in [0.3, 0.4) is 0 Å². The number of para-hydroxylation sites is 1. The average Bonchev–Trinajstić information content (AvgIpc) is 3.39. The number of aliphatic hydroxyl groups is 1. The fraction of sp³-hybridized carbons (Fsp3) is 0.475. The highest BCUT2D eigenvalue weighted by Crippen LogP contribution is 2.37. The summed E-state index contributed by atoms with van der Waals surface area (Å²) >= 11 is 0. The Balaban J connectivity index is 1.32. The number of methoxy groups -OCH3 is 1. The highest BCUT2D eigenvalue weighted by atomic mass is 19.1. The van der Waals surface area contributed by atoms with Crippen LogP contribution in [0.5, 0.6) is 0 Å². The number of aliphatic hydroxyl groups excluding tert-OH is 1. The summed E-state index contributed by atoms with van der Waals surface area (Å²) in [6.45, 7) is 10.3. The number of benzene rings is 2. The molecule has 2 aromatic carbocycles. The van der Waals surface area contributed by atoms with E-state index >= 15 is 4.39 Å². The van der Waals surface area contributed by atoms with E-state index < -0.39 is 17.7 Å². The molecule has 3 N–H and O–H groups in total. The van der Waals surface area contributed by atoms with E-state index in [2.05, 4.69) is 27.1 Å². The summed E-state index contributed by atoms with van der Waals surface area (Å²) in [6, 6.07) is 16.6. The van der Waals surface area contributed by atoms with Gasteiger partial charge in [-0.1, -0.05) is 36.4 Å². The summed E-state index contributed by atoms with van der Waals surface area (Å²) in [5, 5.41) is 16.0. The van der Waals surface area contributed by atoms with Gasteiger partial charge in [0.2, 0.25) is 5.91 Å². The number of piperidine rings is 1. The van der Waals surface area contributed by atoms with E-state index in [1.54, 1.807) is 19.4 Å². The van der Waals surface area contributed by atoms with E-state index in [1.807, 2.05) is 68.1 Å². The lowest BCUT2D eigenvalue weighted by Gasteiger charge is -2.35.